The molecule has 6 nitrogen and oxygen atoms in total. The summed E-state index contributed by atoms with van der Waals surface area (Å²) in [4.78, 5) is 27.9. The third-order valence-corrected chi connectivity index (χ3v) is 4.01. The van der Waals surface area contributed by atoms with Crippen molar-refractivity contribution in [1.29, 1.82) is 0 Å². The molecule has 1 aromatic heterocycles. The fourth-order valence-corrected chi connectivity index (χ4v) is 2.97. The number of fused-ring (bicyclic) bond motifs is 1. The second-order valence-electron chi connectivity index (χ2n) is 5.37. The van der Waals surface area contributed by atoms with E-state index in [0.29, 0.717) is 31.2 Å². The molecule has 1 aromatic rings. The van der Waals surface area contributed by atoms with E-state index in [4.69, 9.17) is 10.2 Å². The van der Waals surface area contributed by atoms with E-state index in [1.165, 1.54) is 0 Å². The van der Waals surface area contributed by atoms with Crippen molar-refractivity contribution < 1.29 is 14.0 Å². The summed E-state index contributed by atoms with van der Waals surface area (Å²) in [6.45, 7) is 1.54. The van der Waals surface area contributed by atoms with Crippen molar-refractivity contribution in [3.05, 3.63) is 23.7 Å². The van der Waals surface area contributed by atoms with Gasteiger partial charge in [0, 0.05) is 6.54 Å². The molecule has 2 aliphatic rings. The molecule has 1 unspecified atom stereocenters. The first-order chi connectivity index (χ1) is 9.69. The summed E-state index contributed by atoms with van der Waals surface area (Å²) in [6.07, 6.45) is 2.77. The van der Waals surface area contributed by atoms with E-state index in [0.717, 1.165) is 19.3 Å². The summed E-state index contributed by atoms with van der Waals surface area (Å²) in [5.41, 5.74) is 5.50. The Morgan fingerprint density at radius 3 is 2.80 bits per heavy atom. The van der Waals surface area contributed by atoms with Crippen LogP contribution in [0.4, 0.5) is 0 Å². The van der Waals surface area contributed by atoms with E-state index in [9.17, 15) is 9.59 Å². The molecule has 2 N–H and O–H groups in total. The third kappa shape index (κ3) is 2.31. The maximum Gasteiger partial charge on any atom is 0.246 e. The molecule has 2 fully saturated rings. The summed E-state index contributed by atoms with van der Waals surface area (Å²) in [6, 6.07) is 3.35. The number of piperidine rings is 1. The predicted molar refractivity (Wildman–Crippen MR) is 71.4 cm³/mol. The topological polar surface area (TPSA) is 79.8 Å². The van der Waals surface area contributed by atoms with Gasteiger partial charge in [-0.15, -0.1) is 0 Å². The number of hydrogen-bond donors (Lipinski definition) is 1. The van der Waals surface area contributed by atoms with Crippen molar-refractivity contribution in [3.63, 3.8) is 0 Å². The van der Waals surface area contributed by atoms with Crippen LogP contribution in [0.5, 0.6) is 0 Å². The van der Waals surface area contributed by atoms with Gasteiger partial charge in [0.1, 0.15) is 24.1 Å². The molecular formula is C14H19N3O3. The number of carbonyl (C=O) groups is 2. The average Bonchev–Trinajstić information content (AvgIpc) is 2.92. The van der Waals surface area contributed by atoms with Gasteiger partial charge in [0.15, 0.2) is 0 Å². The van der Waals surface area contributed by atoms with Crippen LogP contribution in [0.15, 0.2) is 16.5 Å². The number of carbonyl (C=O) groups excluding carboxylic acids is 2. The molecule has 0 radical (unpaired) electrons. The summed E-state index contributed by atoms with van der Waals surface area (Å²) in [7, 11) is 0. The van der Waals surface area contributed by atoms with Gasteiger partial charge in [-0.05, 0) is 31.4 Å². The molecule has 3 heterocycles. The molecule has 0 aromatic carbocycles. The molecule has 0 bridgehead atoms. The predicted octanol–water partition coefficient (Wildman–Crippen LogP) is 0.462. The summed E-state index contributed by atoms with van der Waals surface area (Å²) in [5, 5.41) is 0. The standard InChI is InChI=1S/C14H19N3O3/c15-7-10-4-5-11(20-10)8-16-9-13(18)17-6-2-1-3-12(17)14(16)19/h4-5,12H,1-3,6-9,15H2. The van der Waals surface area contributed by atoms with Crippen LogP contribution < -0.4 is 5.73 Å². The lowest BCUT2D eigenvalue weighted by atomic mass is 9.98. The Balaban J connectivity index is 1.73. The van der Waals surface area contributed by atoms with Crippen LogP contribution >= 0.6 is 0 Å². The molecule has 0 saturated carbocycles. The van der Waals surface area contributed by atoms with Gasteiger partial charge in [-0.2, -0.15) is 0 Å². The molecule has 3 rings (SSSR count). The largest absolute Gasteiger partial charge is 0.463 e. The minimum atomic E-state index is -0.269. The lowest BCUT2D eigenvalue weighted by Gasteiger charge is -2.42. The molecular weight excluding hydrogens is 258 g/mol. The van der Waals surface area contributed by atoms with Gasteiger partial charge in [0.25, 0.3) is 0 Å². The van der Waals surface area contributed by atoms with E-state index in [-0.39, 0.29) is 24.4 Å². The van der Waals surface area contributed by atoms with Crippen LogP contribution in [0.2, 0.25) is 0 Å². The molecule has 2 aliphatic heterocycles. The Kier molecular flexibility index (Phi) is 3.48. The average molecular weight is 277 g/mol. The Bertz CT molecular complexity index is 525. The maximum absolute atomic E-state index is 12.5. The molecule has 0 aliphatic carbocycles. The molecule has 20 heavy (non-hydrogen) atoms. The third-order valence-electron chi connectivity index (χ3n) is 4.01. The van der Waals surface area contributed by atoms with Crippen molar-refractivity contribution in [3.8, 4) is 0 Å². The van der Waals surface area contributed by atoms with Crippen LogP contribution in [0.3, 0.4) is 0 Å². The van der Waals surface area contributed by atoms with Crippen LogP contribution in [-0.4, -0.2) is 40.7 Å². The highest BCUT2D eigenvalue weighted by Gasteiger charge is 2.40. The number of rotatable bonds is 3. The smallest absolute Gasteiger partial charge is 0.246 e. The Morgan fingerprint density at radius 2 is 2.05 bits per heavy atom. The summed E-state index contributed by atoms with van der Waals surface area (Å²) in [5.74, 6) is 1.45. The quantitative estimate of drug-likeness (QED) is 0.870. The molecule has 1 atom stereocenters. The Labute approximate surface area is 117 Å². The Hall–Kier alpha value is -1.82. The SMILES string of the molecule is NCc1ccc(CN2CC(=O)N3CCCCC3C2=O)o1. The van der Waals surface area contributed by atoms with Crippen molar-refractivity contribution in [2.75, 3.05) is 13.1 Å². The van der Waals surface area contributed by atoms with E-state index in [2.05, 4.69) is 0 Å². The second-order valence-corrected chi connectivity index (χ2v) is 5.37. The molecule has 2 amide bonds. The fraction of sp³-hybridized carbons (Fsp3) is 0.571. The molecule has 0 spiro atoms. The highest BCUT2D eigenvalue weighted by Crippen LogP contribution is 2.24. The summed E-state index contributed by atoms with van der Waals surface area (Å²) < 4.78 is 5.51. The van der Waals surface area contributed by atoms with Crippen LogP contribution in [0.25, 0.3) is 0 Å². The first-order valence-electron chi connectivity index (χ1n) is 7.05. The van der Waals surface area contributed by atoms with Gasteiger partial charge in [-0.25, -0.2) is 0 Å². The van der Waals surface area contributed by atoms with E-state index < -0.39 is 0 Å². The second kappa shape index (κ2) is 5.28. The molecule has 6 heteroatoms. The fourth-order valence-electron chi connectivity index (χ4n) is 2.97. The summed E-state index contributed by atoms with van der Waals surface area (Å²) >= 11 is 0. The van der Waals surface area contributed by atoms with E-state index >= 15 is 0 Å². The Morgan fingerprint density at radius 1 is 1.25 bits per heavy atom. The number of piperazine rings is 1. The van der Waals surface area contributed by atoms with Gasteiger partial charge in [0.2, 0.25) is 11.8 Å². The van der Waals surface area contributed by atoms with Crippen molar-refractivity contribution in [2.24, 2.45) is 5.73 Å². The minimum absolute atomic E-state index is 0.0370. The van der Waals surface area contributed by atoms with Gasteiger partial charge in [-0.3, -0.25) is 9.59 Å². The normalized spacial score (nSPS) is 23.1. The zero-order valence-electron chi connectivity index (χ0n) is 11.4. The van der Waals surface area contributed by atoms with Crippen molar-refractivity contribution in [2.45, 2.75) is 38.4 Å². The van der Waals surface area contributed by atoms with Crippen LogP contribution in [-0.2, 0) is 22.7 Å². The van der Waals surface area contributed by atoms with Gasteiger partial charge in [0.05, 0.1) is 13.1 Å². The maximum atomic E-state index is 12.5. The van der Waals surface area contributed by atoms with Gasteiger partial charge < -0.3 is 20.0 Å². The number of hydrogen-bond acceptors (Lipinski definition) is 4. The lowest BCUT2D eigenvalue weighted by molar-refractivity contribution is -0.158. The van der Waals surface area contributed by atoms with Gasteiger partial charge >= 0.3 is 0 Å². The van der Waals surface area contributed by atoms with Gasteiger partial charge in [-0.1, -0.05) is 0 Å². The lowest BCUT2D eigenvalue weighted by Crippen LogP contribution is -2.60. The van der Waals surface area contributed by atoms with Crippen molar-refractivity contribution in [1.82, 2.24) is 9.80 Å². The zero-order valence-corrected chi connectivity index (χ0v) is 11.4. The van der Waals surface area contributed by atoms with Crippen LogP contribution in [0, 0.1) is 0 Å². The highest BCUT2D eigenvalue weighted by molar-refractivity contribution is 5.95. The first-order valence-corrected chi connectivity index (χ1v) is 7.05. The van der Waals surface area contributed by atoms with E-state index in [1.54, 1.807) is 15.9 Å². The number of amides is 2. The number of nitrogens with two attached hydrogens (primary N) is 1. The van der Waals surface area contributed by atoms with E-state index in [1.807, 2.05) is 6.07 Å². The number of furan rings is 1. The first kappa shape index (κ1) is 13.2. The zero-order chi connectivity index (χ0) is 14.1. The van der Waals surface area contributed by atoms with Crippen LogP contribution in [0.1, 0.15) is 30.8 Å². The molecule has 2 saturated heterocycles. The minimum Gasteiger partial charge on any atom is -0.463 e. The highest BCUT2D eigenvalue weighted by atomic mass is 16.3. The molecule has 108 valence electrons. The van der Waals surface area contributed by atoms with Crippen molar-refractivity contribution >= 4 is 11.8 Å². The number of nitrogens with zero attached hydrogens (tertiary/aromatic N) is 2. The monoisotopic (exact) mass is 277 g/mol.